The van der Waals surface area contributed by atoms with Gasteiger partial charge in [0.15, 0.2) is 0 Å². The van der Waals surface area contributed by atoms with Crippen LogP contribution in [0.2, 0.25) is 0 Å². The van der Waals surface area contributed by atoms with Crippen LogP contribution in [0, 0.1) is 34.5 Å². The minimum Gasteiger partial charge on any atom is -0.385 e. The van der Waals surface area contributed by atoms with Crippen LogP contribution in [-0.2, 0) is 11.0 Å². The number of anilines is 1. The first kappa shape index (κ1) is 22.8. The molecular weight excluding hydrogens is 425 g/mol. The van der Waals surface area contributed by atoms with Crippen LogP contribution in [0.4, 0.5) is 18.9 Å². The zero-order valence-corrected chi connectivity index (χ0v) is 19.8. The first-order valence-corrected chi connectivity index (χ1v) is 12.4. The van der Waals surface area contributed by atoms with E-state index in [9.17, 15) is 18.0 Å². The molecule has 1 amide bonds. The van der Waals surface area contributed by atoms with Crippen LogP contribution in [0.3, 0.4) is 0 Å². The highest BCUT2D eigenvalue weighted by molar-refractivity contribution is 5.89. The second-order valence-electron chi connectivity index (χ2n) is 11.4. The van der Waals surface area contributed by atoms with Crippen molar-refractivity contribution in [1.82, 2.24) is 4.90 Å². The van der Waals surface area contributed by atoms with E-state index in [1.807, 2.05) is 11.9 Å². The molecule has 0 bridgehead atoms. The van der Waals surface area contributed by atoms with E-state index < -0.39 is 11.7 Å². The van der Waals surface area contributed by atoms with E-state index in [2.05, 4.69) is 25.2 Å². The molecule has 33 heavy (non-hydrogen) atoms. The molecule has 7 atom stereocenters. The number of fused-ring (bicyclic) bond motifs is 5. The molecule has 5 rings (SSSR count). The molecule has 3 aliphatic carbocycles. The lowest BCUT2D eigenvalue weighted by Gasteiger charge is -2.60. The van der Waals surface area contributed by atoms with Crippen molar-refractivity contribution in [3.8, 4) is 0 Å². The number of carbonyl (C=O) groups excluding carboxylic acids is 1. The van der Waals surface area contributed by atoms with Gasteiger partial charge in [-0.2, -0.15) is 13.2 Å². The van der Waals surface area contributed by atoms with E-state index in [1.165, 1.54) is 25.0 Å². The van der Waals surface area contributed by atoms with E-state index >= 15 is 0 Å². The predicted molar refractivity (Wildman–Crippen MR) is 124 cm³/mol. The van der Waals surface area contributed by atoms with Crippen LogP contribution < -0.4 is 5.32 Å². The van der Waals surface area contributed by atoms with Gasteiger partial charge in [0, 0.05) is 30.7 Å². The van der Waals surface area contributed by atoms with Gasteiger partial charge in [0.2, 0.25) is 5.91 Å². The lowest BCUT2D eigenvalue weighted by Crippen LogP contribution is -2.59. The highest BCUT2D eigenvalue weighted by Crippen LogP contribution is 2.65. The number of hydrogen-bond acceptors (Lipinski definition) is 2. The monoisotopic (exact) mass is 460 g/mol. The fourth-order valence-corrected chi connectivity index (χ4v) is 8.23. The number of benzene rings is 1. The number of alkyl halides is 3. The second-order valence-corrected chi connectivity index (χ2v) is 11.4. The molecule has 3 nitrogen and oxygen atoms in total. The Morgan fingerprint density at radius 3 is 2.64 bits per heavy atom. The zero-order valence-electron chi connectivity index (χ0n) is 19.8. The van der Waals surface area contributed by atoms with Crippen LogP contribution in [-0.4, -0.2) is 30.4 Å². The van der Waals surface area contributed by atoms with Gasteiger partial charge in [-0.1, -0.05) is 26.0 Å². The SMILES string of the molecule is CN1C(=O)C=C[C@@]2(C)C1CC[C@@H]1[C@H]2CC[C@]2(C)C(CNc3cccc(C(F)(F)F)c3)CC[C@@H]12. The summed E-state index contributed by atoms with van der Waals surface area (Å²) in [5.74, 6) is 2.50. The number of hydrogen-bond donors (Lipinski definition) is 1. The van der Waals surface area contributed by atoms with E-state index in [4.69, 9.17) is 0 Å². The van der Waals surface area contributed by atoms with Gasteiger partial charge in [0.25, 0.3) is 0 Å². The summed E-state index contributed by atoms with van der Waals surface area (Å²) in [6, 6.07) is 5.85. The molecule has 4 aliphatic rings. The van der Waals surface area contributed by atoms with Crippen molar-refractivity contribution < 1.29 is 18.0 Å². The maximum Gasteiger partial charge on any atom is 0.416 e. The van der Waals surface area contributed by atoms with Gasteiger partial charge in [0.05, 0.1) is 5.56 Å². The Labute approximate surface area is 194 Å². The normalized spacial score (nSPS) is 40.2. The summed E-state index contributed by atoms with van der Waals surface area (Å²) < 4.78 is 39.3. The molecule has 3 saturated carbocycles. The molecule has 1 N–H and O–H groups in total. The van der Waals surface area contributed by atoms with Gasteiger partial charge in [-0.25, -0.2) is 0 Å². The van der Waals surface area contributed by atoms with E-state index in [0.717, 1.165) is 38.3 Å². The Morgan fingerprint density at radius 2 is 1.88 bits per heavy atom. The number of rotatable bonds is 3. The number of likely N-dealkylation sites (N-methyl/N-ethyl adjacent to an activating group) is 1. The number of nitrogens with one attached hydrogen (secondary N) is 1. The Kier molecular flexibility index (Phi) is 5.37. The Hall–Kier alpha value is -1.98. The third-order valence-corrected chi connectivity index (χ3v) is 10.1. The van der Waals surface area contributed by atoms with Crippen LogP contribution >= 0.6 is 0 Å². The Morgan fingerprint density at radius 1 is 1.09 bits per heavy atom. The van der Waals surface area contributed by atoms with Gasteiger partial charge in [0.1, 0.15) is 0 Å². The highest BCUT2D eigenvalue weighted by Gasteiger charge is 2.60. The van der Waals surface area contributed by atoms with E-state index in [-0.39, 0.29) is 16.7 Å². The average molecular weight is 461 g/mol. The number of carbonyl (C=O) groups is 1. The summed E-state index contributed by atoms with van der Waals surface area (Å²) in [4.78, 5) is 14.2. The molecule has 2 unspecified atom stereocenters. The van der Waals surface area contributed by atoms with Crippen molar-refractivity contribution in [3.63, 3.8) is 0 Å². The molecule has 1 heterocycles. The van der Waals surface area contributed by atoms with Crippen LogP contribution in [0.25, 0.3) is 0 Å². The molecule has 0 radical (unpaired) electrons. The summed E-state index contributed by atoms with van der Waals surface area (Å²) in [5.41, 5.74) is 0.219. The number of nitrogens with zero attached hydrogens (tertiary/aromatic N) is 1. The molecule has 180 valence electrons. The van der Waals surface area contributed by atoms with Crippen LogP contribution in [0.15, 0.2) is 36.4 Å². The first-order valence-electron chi connectivity index (χ1n) is 12.4. The van der Waals surface area contributed by atoms with Crippen molar-refractivity contribution in [2.45, 2.75) is 64.6 Å². The number of halogens is 3. The molecular formula is C27H35F3N2O. The standard InChI is InChI=1S/C27H35F3N2O/c1-25-13-11-22-20(8-10-23-26(22,2)14-12-24(33)32(23)3)21(25)9-7-18(25)16-31-19-6-4-5-17(15-19)27(28,29)30/h4-6,12,14-15,18,20-23,31H,7-11,13,16H2,1-3H3/t18?,20-,21-,22+,23?,25+,26+/m0/s1. The van der Waals surface area contributed by atoms with Crippen LogP contribution in [0.1, 0.15) is 57.9 Å². The zero-order chi connectivity index (χ0) is 23.6. The molecule has 3 fully saturated rings. The van der Waals surface area contributed by atoms with Crippen molar-refractivity contribution in [2.24, 2.45) is 34.5 Å². The quantitative estimate of drug-likeness (QED) is 0.568. The lowest BCUT2D eigenvalue weighted by molar-refractivity contribution is -0.139. The fourth-order valence-electron chi connectivity index (χ4n) is 8.23. The van der Waals surface area contributed by atoms with Crippen molar-refractivity contribution in [1.29, 1.82) is 0 Å². The average Bonchev–Trinajstić information content (AvgIpc) is 3.11. The Bertz CT molecular complexity index is 959. The van der Waals surface area contributed by atoms with Crippen molar-refractivity contribution in [3.05, 3.63) is 42.0 Å². The minimum atomic E-state index is -4.32. The van der Waals surface area contributed by atoms with E-state index in [0.29, 0.717) is 35.4 Å². The molecule has 0 saturated heterocycles. The summed E-state index contributed by atoms with van der Waals surface area (Å²) in [6.07, 6.45) is 6.55. The summed E-state index contributed by atoms with van der Waals surface area (Å²) in [7, 11) is 1.95. The minimum absolute atomic E-state index is 0.0429. The highest BCUT2D eigenvalue weighted by atomic mass is 19.4. The Balaban J connectivity index is 1.31. The predicted octanol–water partition coefficient (Wildman–Crippen LogP) is 6.37. The molecule has 0 aromatic heterocycles. The van der Waals surface area contributed by atoms with Gasteiger partial charge in [-0.05, 0) is 91.9 Å². The van der Waals surface area contributed by atoms with Gasteiger partial charge in [-0.15, -0.1) is 0 Å². The van der Waals surface area contributed by atoms with Crippen molar-refractivity contribution >= 4 is 11.6 Å². The lowest BCUT2D eigenvalue weighted by atomic mass is 9.47. The maximum atomic E-state index is 13.1. The van der Waals surface area contributed by atoms with Gasteiger partial charge in [-0.3, -0.25) is 4.79 Å². The number of amides is 1. The first-order chi connectivity index (χ1) is 15.5. The van der Waals surface area contributed by atoms with Crippen LogP contribution in [0.5, 0.6) is 0 Å². The topological polar surface area (TPSA) is 32.3 Å². The van der Waals surface area contributed by atoms with Gasteiger partial charge >= 0.3 is 6.18 Å². The second kappa shape index (κ2) is 7.78. The van der Waals surface area contributed by atoms with Gasteiger partial charge < -0.3 is 10.2 Å². The summed E-state index contributed by atoms with van der Waals surface area (Å²) >= 11 is 0. The smallest absolute Gasteiger partial charge is 0.385 e. The molecule has 1 aromatic rings. The fraction of sp³-hybridized carbons (Fsp3) is 0.667. The largest absolute Gasteiger partial charge is 0.416 e. The third kappa shape index (κ3) is 3.59. The molecule has 1 aliphatic heterocycles. The maximum absolute atomic E-state index is 13.1. The molecule has 6 heteroatoms. The summed E-state index contributed by atoms with van der Waals surface area (Å²) in [6.45, 7) is 5.51. The van der Waals surface area contributed by atoms with Crippen molar-refractivity contribution in [2.75, 3.05) is 18.9 Å². The third-order valence-electron chi connectivity index (χ3n) is 10.1. The summed E-state index contributed by atoms with van der Waals surface area (Å²) in [5, 5.41) is 3.34. The molecule has 1 aromatic carbocycles. The molecule has 0 spiro atoms. The van der Waals surface area contributed by atoms with E-state index in [1.54, 1.807) is 12.1 Å².